The van der Waals surface area contributed by atoms with E-state index < -0.39 is 23.6 Å². The number of carboxylic acids is 1. The minimum absolute atomic E-state index is 0.101. The number of ether oxygens (including phenoxy) is 1. The number of H-pyrrole nitrogens is 1. The maximum absolute atomic E-state index is 12.9. The Morgan fingerprint density at radius 3 is 2.54 bits per heavy atom. The second-order valence-electron chi connectivity index (χ2n) is 9.58. The largest absolute Gasteiger partial charge is 0.478 e. The maximum Gasteiger partial charge on any atom is 0.407 e. The van der Waals surface area contributed by atoms with Gasteiger partial charge in [0, 0.05) is 25.3 Å². The molecule has 1 aromatic carbocycles. The van der Waals surface area contributed by atoms with E-state index in [2.05, 4.69) is 15.6 Å². The molecule has 2 aromatic rings. The second-order valence-corrected chi connectivity index (χ2v) is 10.3. The highest BCUT2D eigenvalue weighted by molar-refractivity contribution is 6.44. The van der Waals surface area contributed by atoms with Crippen molar-refractivity contribution in [3.8, 4) is 0 Å². The molecule has 0 aliphatic carbocycles. The van der Waals surface area contributed by atoms with Crippen molar-refractivity contribution in [1.29, 1.82) is 0 Å². The number of carbonyl (C=O) groups is 3. The van der Waals surface area contributed by atoms with Gasteiger partial charge >= 0.3 is 12.1 Å². The fourth-order valence-electron chi connectivity index (χ4n) is 3.94. The summed E-state index contributed by atoms with van der Waals surface area (Å²) in [6.45, 7) is 8.76. The van der Waals surface area contributed by atoms with Gasteiger partial charge in [-0.25, -0.2) is 9.59 Å². The molecular weight excluding hydrogens is 495 g/mol. The van der Waals surface area contributed by atoms with Gasteiger partial charge in [0.15, 0.2) is 0 Å². The highest BCUT2D eigenvalue weighted by Crippen LogP contribution is 2.33. The minimum Gasteiger partial charge on any atom is -0.478 e. The molecule has 4 N–H and O–H groups in total. The van der Waals surface area contributed by atoms with E-state index >= 15 is 0 Å². The molecule has 9 nitrogen and oxygen atoms in total. The van der Waals surface area contributed by atoms with Crippen LogP contribution >= 0.6 is 23.2 Å². The van der Waals surface area contributed by atoms with E-state index in [-0.39, 0.29) is 27.2 Å². The average molecular weight is 525 g/mol. The highest BCUT2D eigenvalue weighted by Gasteiger charge is 2.26. The Bertz CT molecular complexity index is 1130. The third-order valence-corrected chi connectivity index (χ3v) is 6.51. The van der Waals surface area contributed by atoms with Crippen LogP contribution in [0.1, 0.15) is 60.2 Å². The van der Waals surface area contributed by atoms with Crippen LogP contribution in [0.25, 0.3) is 0 Å². The molecule has 2 amide bonds. The Morgan fingerprint density at radius 2 is 1.94 bits per heavy atom. The van der Waals surface area contributed by atoms with Crippen molar-refractivity contribution < 1.29 is 24.2 Å². The van der Waals surface area contributed by atoms with Crippen molar-refractivity contribution in [3.05, 3.63) is 45.2 Å². The molecular formula is C24H30Cl2N4O5. The SMILES string of the molecule is Cc1[nH]c(C(=O)Nc2ccc(C(=O)O)cc2N2CCCC(CNC(=O)OC(C)(C)C)C2)c(Cl)c1Cl. The Labute approximate surface area is 214 Å². The van der Waals surface area contributed by atoms with Gasteiger partial charge in [-0.3, -0.25) is 4.79 Å². The summed E-state index contributed by atoms with van der Waals surface area (Å²) in [5.41, 5.74) is 1.23. The van der Waals surface area contributed by atoms with Gasteiger partial charge < -0.3 is 30.4 Å². The van der Waals surface area contributed by atoms with Crippen LogP contribution in [0.3, 0.4) is 0 Å². The number of halogens is 2. The molecule has 1 saturated heterocycles. The zero-order chi connectivity index (χ0) is 25.9. The van der Waals surface area contributed by atoms with Crippen molar-refractivity contribution in [2.45, 2.75) is 46.1 Å². The number of carboxylic acid groups (broad SMARTS) is 1. The van der Waals surface area contributed by atoms with Crippen molar-refractivity contribution in [3.63, 3.8) is 0 Å². The van der Waals surface area contributed by atoms with Crippen LogP contribution in [0.4, 0.5) is 16.2 Å². The fraction of sp³-hybridized carbons (Fsp3) is 0.458. The number of carbonyl (C=O) groups excluding carboxylic acids is 2. The standard InChI is InChI=1S/C24H30Cl2N4O5/c1-13-18(25)19(26)20(28-13)21(31)29-16-8-7-15(22(32)33)10-17(16)30-9-5-6-14(12-30)11-27-23(34)35-24(2,3)4/h7-8,10,14,28H,5-6,9,11-12H2,1-4H3,(H,27,34)(H,29,31)(H,32,33). The van der Waals surface area contributed by atoms with E-state index in [4.69, 9.17) is 27.9 Å². The highest BCUT2D eigenvalue weighted by atomic mass is 35.5. The number of hydrogen-bond acceptors (Lipinski definition) is 5. The van der Waals surface area contributed by atoms with Gasteiger partial charge in [-0.1, -0.05) is 23.2 Å². The number of nitrogens with one attached hydrogen (secondary N) is 3. The van der Waals surface area contributed by atoms with Crippen molar-refractivity contribution in [2.75, 3.05) is 29.9 Å². The maximum atomic E-state index is 12.9. The Kier molecular flexibility index (Phi) is 8.22. The lowest BCUT2D eigenvalue weighted by atomic mass is 9.97. The molecule has 3 rings (SSSR count). The number of aromatic nitrogens is 1. The number of aromatic carboxylic acids is 1. The van der Waals surface area contributed by atoms with Crippen LogP contribution in [0.15, 0.2) is 18.2 Å². The lowest BCUT2D eigenvalue weighted by molar-refractivity contribution is 0.0517. The van der Waals surface area contributed by atoms with Gasteiger partial charge in [0.05, 0.1) is 27.0 Å². The van der Waals surface area contributed by atoms with Gasteiger partial charge in [0.25, 0.3) is 5.91 Å². The topological polar surface area (TPSA) is 124 Å². The lowest BCUT2D eigenvalue weighted by Crippen LogP contribution is -2.42. The Hall–Kier alpha value is -2.91. The first-order valence-corrected chi connectivity index (χ1v) is 12.1. The van der Waals surface area contributed by atoms with Gasteiger partial charge in [-0.05, 0) is 64.7 Å². The Balaban J connectivity index is 1.79. The number of piperidine rings is 1. The number of aryl methyl sites for hydroxylation is 1. The first-order chi connectivity index (χ1) is 16.4. The summed E-state index contributed by atoms with van der Waals surface area (Å²) in [6.07, 6.45) is 1.25. The summed E-state index contributed by atoms with van der Waals surface area (Å²) in [7, 11) is 0. The van der Waals surface area contributed by atoms with E-state index in [0.29, 0.717) is 36.7 Å². The molecule has 1 aliphatic heterocycles. The smallest absolute Gasteiger partial charge is 0.407 e. The van der Waals surface area contributed by atoms with Crippen LogP contribution in [-0.4, -0.2) is 53.3 Å². The zero-order valence-electron chi connectivity index (χ0n) is 20.1. The number of hydrogen-bond donors (Lipinski definition) is 4. The van der Waals surface area contributed by atoms with Crippen LogP contribution in [0.2, 0.25) is 10.0 Å². The van der Waals surface area contributed by atoms with Crippen LogP contribution in [-0.2, 0) is 4.74 Å². The molecule has 35 heavy (non-hydrogen) atoms. The summed E-state index contributed by atoms with van der Waals surface area (Å²) in [6, 6.07) is 4.53. The predicted molar refractivity (Wildman–Crippen MR) is 136 cm³/mol. The number of nitrogens with zero attached hydrogens (tertiary/aromatic N) is 1. The van der Waals surface area contributed by atoms with Gasteiger partial charge in [-0.15, -0.1) is 0 Å². The monoisotopic (exact) mass is 524 g/mol. The molecule has 1 atom stereocenters. The quantitative estimate of drug-likeness (QED) is 0.405. The summed E-state index contributed by atoms with van der Waals surface area (Å²) >= 11 is 12.3. The van der Waals surface area contributed by atoms with Crippen molar-refractivity contribution in [2.24, 2.45) is 5.92 Å². The minimum atomic E-state index is -1.07. The molecule has 2 heterocycles. The number of aromatic amines is 1. The summed E-state index contributed by atoms with van der Waals surface area (Å²) in [4.78, 5) is 41.5. The molecule has 190 valence electrons. The van der Waals surface area contributed by atoms with Crippen LogP contribution in [0.5, 0.6) is 0 Å². The first kappa shape index (κ1) is 26.7. The Morgan fingerprint density at radius 1 is 1.23 bits per heavy atom. The van der Waals surface area contributed by atoms with Crippen LogP contribution in [0, 0.1) is 12.8 Å². The summed E-state index contributed by atoms with van der Waals surface area (Å²) in [5.74, 6) is -1.44. The van der Waals surface area contributed by atoms with Crippen molar-refractivity contribution >= 4 is 52.5 Å². The number of rotatable bonds is 6. The van der Waals surface area contributed by atoms with E-state index in [1.165, 1.54) is 12.1 Å². The summed E-state index contributed by atoms with van der Waals surface area (Å²) in [5, 5.41) is 15.5. The lowest BCUT2D eigenvalue weighted by Gasteiger charge is -2.35. The molecule has 1 fully saturated rings. The number of anilines is 2. The number of amides is 2. The fourth-order valence-corrected chi connectivity index (χ4v) is 4.35. The zero-order valence-corrected chi connectivity index (χ0v) is 21.6. The molecule has 0 radical (unpaired) electrons. The van der Waals surface area contributed by atoms with Gasteiger partial charge in [-0.2, -0.15) is 0 Å². The average Bonchev–Trinajstić information content (AvgIpc) is 3.04. The van der Waals surface area contributed by atoms with Crippen molar-refractivity contribution in [1.82, 2.24) is 10.3 Å². The number of alkyl carbamates (subject to hydrolysis) is 1. The van der Waals surface area contributed by atoms with Crippen LogP contribution < -0.4 is 15.5 Å². The summed E-state index contributed by atoms with van der Waals surface area (Å²) < 4.78 is 5.31. The van der Waals surface area contributed by atoms with E-state index in [1.54, 1.807) is 33.8 Å². The predicted octanol–water partition coefficient (Wildman–Crippen LogP) is 5.32. The molecule has 0 spiro atoms. The third kappa shape index (κ3) is 6.82. The molecule has 11 heteroatoms. The second kappa shape index (κ2) is 10.8. The molecule has 1 aromatic heterocycles. The van der Waals surface area contributed by atoms with Gasteiger partial charge in [0.2, 0.25) is 0 Å². The molecule has 1 unspecified atom stereocenters. The molecule has 0 saturated carbocycles. The van der Waals surface area contributed by atoms with E-state index in [9.17, 15) is 19.5 Å². The van der Waals surface area contributed by atoms with E-state index in [1.807, 2.05) is 4.90 Å². The number of benzene rings is 1. The normalized spacial score (nSPS) is 16.1. The molecule has 0 bridgehead atoms. The van der Waals surface area contributed by atoms with Gasteiger partial charge in [0.1, 0.15) is 11.3 Å². The molecule has 1 aliphatic rings. The first-order valence-electron chi connectivity index (χ1n) is 11.3. The van der Waals surface area contributed by atoms with E-state index in [0.717, 1.165) is 12.8 Å². The third-order valence-electron chi connectivity index (χ3n) is 5.57.